The Hall–Kier alpha value is 0.569. The van der Waals surface area contributed by atoms with E-state index in [2.05, 4.69) is 20.2 Å². The first-order chi connectivity index (χ1) is 2.83. The van der Waals surface area contributed by atoms with E-state index in [-0.39, 0.29) is 6.47 Å². The van der Waals surface area contributed by atoms with Gasteiger partial charge in [0.2, 0.25) is 0 Å². The van der Waals surface area contributed by atoms with E-state index < -0.39 is 0 Å². The van der Waals surface area contributed by atoms with Crippen LogP contribution in [0.2, 0.25) is 0 Å². The summed E-state index contributed by atoms with van der Waals surface area (Å²) in [7, 11) is 9.34. The fourth-order valence-electron chi connectivity index (χ4n) is 0. The van der Waals surface area contributed by atoms with Crippen LogP contribution in [-0.2, 0) is 17.9 Å². The molecule has 0 aromatic rings. The van der Waals surface area contributed by atoms with Gasteiger partial charge in [-0.05, 0) is 0 Å². The average Bonchev–Trinajstić information content (AvgIpc) is 1.39. The second-order valence-electron chi connectivity index (χ2n) is 0.148. The van der Waals surface area contributed by atoms with Crippen molar-refractivity contribution >= 4 is 26.7 Å². The zero-order valence-corrected chi connectivity index (χ0v) is 4.94. The molecule has 0 atom stereocenters. The van der Waals surface area contributed by atoms with E-state index in [0.29, 0.717) is 0 Å². The van der Waals surface area contributed by atoms with Crippen molar-refractivity contribution in [3.63, 3.8) is 0 Å². The minimum atomic E-state index is -0.250. The summed E-state index contributed by atoms with van der Waals surface area (Å²) >= 11 is 0.757. The molecule has 0 rings (SSSR count). The van der Waals surface area contributed by atoms with Crippen molar-refractivity contribution in [2.45, 2.75) is 0 Å². The number of halogens is 2. The molecular weight excluding hydrogens is 178 g/mol. The van der Waals surface area contributed by atoms with Crippen molar-refractivity contribution in [3.8, 4) is 0 Å². The number of carbonyl (C=O) groups is 1. The molecular formula is CH2Cl2CuO2. The molecule has 0 aromatic heterocycles. The van der Waals surface area contributed by atoms with E-state index in [1.807, 2.05) is 0 Å². The standard InChI is InChI=1S/CH2O2.2ClH.Cu/c2-1-3;;;/h1H,(H,2,3);2*1H;/q;;;+2/p-2. The normalized spacial score (nSPS) is 5.67. The molecule has 6 heavy (non-hydrogen) atoms. The summed E-state index contributed by atoms with van der Waals surface area (Å²) in [5.74, 6) is 0. The molecule has 0 aliphatic rings. The Bertz CT molecular complexity index is 25.5. The number of hydrogen-bond donors (Lipinski definition) is 1. The van der Waals surface area contributed by atoms with Crippen LogP contribution >= 0.6 is 20.2 Å². The van der Waals surface area contributed by atoms with Crippen molar-refractivity contribution in [2.75, 3.05) is 0 Å². The molecule has 0 radical (unpaired) electrons. The molecule has 0 bridgehead atoms. The third-order valence-electron chi connectivity index (χ3n) is 0. The molecule has 0 fully saturated rings. The average molecular weight is 180 g/mol. The van der Waals surface area contributed by atoms with Crippen LogP contribution in [0, 0.1) is 0 Å². The number of rotatable bonds is 0. The summed E-state index contributed by atoms with van der Waals surface area (Å²) in [5.41, 5.74) is 0. The first-order valence-corrected chi connectivity index (χ1v) is 3.31. The molecule has 0 spiro atoms. The summed E-state index contributed by atoms with van der Waals surface area (Å²) in [4.78, 5) is 8.36. The second-order valence-corrected chi connectivity index (χ2v) is 1.70. The van der Waals surface area contributed by atoms with Gasteiger partial charge in [0.1, 0.15) is 0 Å². The Morgan fingerprint density at radius 3 is 1.67 bits per heavy atom. The summed E-state index contributed by atoms with van der Waals surface area (Å²) < 4.78 is 0. The first kappa shape index (κ1) is 9.76. The number of carboxylic acid groups (broad SMARTS) is 1. The molecule has 0 saturated carbocycles. The molecule has 5 heteroatoms. The van der Waals surface area contributed by atoms with Crippen LogP contribution in [0.4, 0.5) is 0 Å². The van der Waals surface area contributed by atoms with Crippen molar-refractivity contribution in [2.24, 2.45) is 0 Å². The fourth-order valence-corrected chi connectivity index (χ4v) is 0. The molecule has 0 heterocycles. The number of hydrogen-bond acceptors (Lipinski definition) is 1. The van der Waals surface area contributed by atoms with Gasteiger partial charge in [0, 0.05) is 0 Å². The summed E-state index contributed by atoms with van der Waals surface area (Å²) in [6.07, 6.45) is 0. The van der Waals surface area contributed by atoms with Crippen molar-refractivity contribution in [1.82, 2.24) is 0 Å². The topological polar surface area (TPSA) is 37.3 Å². The predicted octanol–water partition coefficient (Wildman–Crippen LogP) is 1.08. The van der Waals surface area contributed by atoms with Crippen LogP contribution in [0.3, 0.4) is 0 Å². The molecule has 1 N–H and O–H groups in total. The molecule has 0 aliphatic heterocycles. The molecule has 0 amide bonds. The fraction of sp³-hybridized carbons (Fsp3) is 0. The van der Waals surface area contributed by atoms with E-state index in [4.69, 9.17) is 9.90 Å². The van der Waals surface area contributed by atoms with Gasteiger partial charge in [0.25, 0.3) is 6.47 Å². The van der Waals surface area contributed by atoms with Gasteiger partial charge < -0.3 is 5.11 Å². The van der Waals surface area contributed by atoms with Gasteiger partial charge >= 0.3 is 33.3 Å². The molecule has 2 nitrogen and oxygen atoms in total. The van der Waals surface area contributed by atoms with E-state index in [1.54, 1.807) is 0 Å². The molecule has 43 valence electrons. The summed E-state index contributed by atoms with van der Waals surface area (Å²) in [5, 5.41) is 6.89. The van der Waals surface area contributed by atoms with Crippen LogP contribution in [0.25, 0.3) is 0 Å². The van der Waals surface area contributed by atoms with Gasteiger partial charge in [-0.2, -0.15) is 0 Å². The van der Waals surface area contributed by atoms with E-state index >= 15 is 0 Å². The second kappa shape index (κ2) is 17.6. The third kappa shape index (κ3) is 180. The van der Waals surface area contributed by atoms with E-state index in [1.165, 1.54) is 0 Å². The summed E-state index contributed by atoms with van der Waals surface area (Å²) in [6.45, 7) is -0.250. The van der Waals surface area contributed by atoms with Gasteiger partial charge in [-0.25, -0.2) is 0 Å². The Labute approximate surface area is 50.0 Å². The molecule has 0 saturated heterocycles. The van der Waals surface area contributed by atoms with Crippen LogP contribution in [0.5, 0.6) is 0 Å². The Kier molecular flexibility index (Phi) is 28.7. The van der Waals surface area contributed by atoms with Crippen molar-refractivity contribution in [3.05, 3.63) is 0 Å². The van der Waals surface area contributed by atoms with E-state index in [0.717, 1.165) is 13.1 Å². The predicted molar refractivity (Wildman–Crippen MR) is 20.4 cm³/mol. The van der Waals surface area contributed by atoms with Crippen LogP contribution < -0.4 is 0 Å². The Balaban J connectivity index is 0. The zero-order valence-electron chi connectivity index (χ0n) is 2.49. The molecule has 0 aromatic carbocycles. The van der Waals surface area contributed by atoms with Crippen LogP contribution in [0.1, 0.15) is 0 Å². The zero-order chi connectivity index (χ0) is 5.41. The van der Waals surface area contributed by atoms with Crippen molar-refractivity contribution < 1.29 is 23.0 Å². The van der Waals surface area contributed by atoms with Gasteiger partial charge in [-0.15, -0.1) is 0 Å². The van der Waals surface area contributed by atoms with Gasteiger partial charge in [0.15, 0.2) is 0 Å². The first-order valence-electron chi connectivity index (χ1n) is 0.722. The van der Waals surface area contributed by atoms with Crippen LogP contribution in [0.15, 0.2) is 0 Å². The Morgan fingerprint density at radius 1 is 1.67 bits per heavy atom. The molecule has 0 unspecified atom stereocenters. The Morgan fingerprint density at radius 2 is 1.67 bits per heavy atom. The van der Waals surface area contributed by atoms with Gasteiger partial charge in [0.05, 0.1) is 0 Å². The van der Waals surface area contributed by atoms with Crippen molar-refractivity contribution in [1.29, 1.82) is 0 Å². The quantitative estimate of drug-likeness (QED) is 0.447. The SMILES string of the molecule is O=CO.[Cl][Cu][Cl]. The minimum absolute atomic E-state index is 0.250. The maximum absolute atomic E-state index is 8.36. The molecule has 0 aliphatic carbocycles. The monoisotopic (exact) mass is 179 g/mol. The third-order valence-corrected chi connectivity index (χ3v) is 0. The van der Waals surface area contributed by atoms with E-state index in [9.17, 15) is 0 Å². The maximum atomic E-state index is 8.36. The van der Waals surface area contributed by atoms with Gasteiger partial charge in [-0.3, -0.25) is 4.79 Å². The summed E-state index contributed by atoms with van der Waals surface area (Å²) in [6, 6.07) is 0. The van der Waals surface area contributed by atoms with Gasteiger partial charge in [-0.1, -0.05) is 0 Å². The van der Waals surface area contributed by atoms with Crippen LogP contribution in [-0.4, -0.2) is 11.6 Å².